The van der Waals surface area contributed by atoms with Crippen LogP contribution in [0.4, 0.5) is 0 Å². The van der Waals surface area contributed by atoms with Gasteiger partial charge in [-0.15, -0.1) is 0 Å². The van der Waals surface area contributed by atoms with Crippen LogP contribution in [0.25, 0.3) is 0 Å². The van der Waals surface area contributed by atoms with Gasteiger partial charge in [-0.2, -0.15) is 0 Å². The molecule has 0 heterocycles. The molecule has 0 aromatic heterocycles. The van der Waals surface area contributed by atoms with Gasteiger partial charge in [0.15, 0.2) is 0 Å². The van der Waals surface area contributed by atoms with E-state index in [4.69, 9.17) is 0 Å². The van der Waals surface area contributed by atoms with E-state index in [1.807, 2.05) is 0 Å². The fraction of sp³-hybridized carbons (Fsp3) is 1.00. The Hall–Kier alpha value is -0.0800. The highest BCUT2D eigenvalue weighted by Gasteiger charge is 2.30. The van der Waals surface area contributed by atoms with E-state index in [-0.39, 0.29) is 6.10 Å². The minimum atomic E-state index is -0.0543. The molecule has 2 rings (SSSR count). The first-order valence-electron chi connectivity index (χ1n) is 6.12. The summed E-state index contributed by atoms with van der Waals surface area (Å²) in [6.45, 7) is 2.09. The van der Waals surface area contributed by atoms with Crippen molar-refractivity contribution in [1.29, 1.82) is 0 Å². The number of nitrogens with zero attached hydrogens (tertiary/aromatic N) is 1. The minimum absolute atomic E-state index is 0.0543. The summed E-state index contributed by atoms with van der Waals surface area (Å²) < 4.78 is 0. The van der Waals surface area contributed by atoms with Crippen molar-refractivity contribution in [3.63, 3.8) is 0 Å². The summed E-state index contributed by atoms with van der Waals surface area (Å²) in [6.07, 6.45) is 8.10. The summed E-state index contributed by atoms with van der Waals surface area (Å²) in [7, 11) is 2.16. The Bertz CT molecular complexity index is 169. The third-order valence-electron chi connectivity index (χ3n) is 3.71. The molecule has 0 radical (unpaired) electrons. The number of aliphatic hydroxyl groups excluding tert-OH is 1. The van der Waals surface area contributed by atoms with Gasteiger partial charge < -0.3 is 10.0 Å². The fourth-order valence-corrected chi connectivity index (χ4v) is 2.66. The first kappa shape index (κ1) is 10.4. The molecule has 0 aliphatic heterocycles. The molecule has 14 heavy (non-hydrogen) atoms. The summed E-state index contributed by atoms with van der Waals surface area (Å²) >= 11 is 0. The molecule has 1 atom stereocenters. The summed E-state index contributed by atoms with van der Waals surface area (Å²) in [6, 6.07) is 0. The second-order valence-corrected chi connectivity index (χ2v) is 5.28. The van der Waals surface area contributed by atoms with E-state index in [2.05, 4.69) is 11.9 Å². The van der Waals surface area contributed by atoms with Crippen molar-refractivity contribution < 1.29 is 5.11 Å². The van der Waals surface area contributed by atoms with E-state index in [0.717, 1.165) is 12.5 Å². The second kappa shape index (κ2) is 4.63. The lowest BCUT2D eigenvalue weighted by atomic mass is 10.1. The molecule has 1 N–H and O–H groups in total. The molecule has 2 heteroatoms. The maximum Gasteiger partial charge on any atom is 0.0695 e. The van der Waals surface area contributed by atoms with Gasteiger partial charge in [-0.05, 0) is 44.6 Å². The highest BCUT2D eigenvalue weighted by molar-refractivity contribution is 4.83. The third-order valence-corrected chi connectivity index (χ3v) is 3.71. The molecule has 0 aromatic rings. The number of aliphatic hydroxyl groups is 1. The number of hydrogen-bond acceptors (Lipinski definition) is 2. The Morgan fingerprint density at radius 1 is 1.21 bits per heavy atom. The van der Waals surface area contributed by atoms with Crippen molar-refractivity contribution in [2.45, 2.75) is 44.6 Å². The number of rotatable bonds is 5. The number of likely N-dealkylation sites (N-methyl/N-ethyl adjacent to an activating group) is 1. The van der Waals surface area contributed by atoms with Crippen LogP contribution < -0.4 is 0 Å². The third kappa shape index (κ3) is 2.96. The average Bonchev–Trinajstić information content (AvgIpc) is 2.87. The first-order chi connectivity index (χ1) is 6.75. The quantitative estimate of drug-likeness (QED) is 0.727. The Balaban J connectivity index is 1.63. The topological polar surface area (TPSA) is 23.5 Å². The molecule has 0 bridgehead atoms. The van der Waals surface area contributed by atoms with Crippen LogP contribution in [0.15, 0.2) is 0 Å². The molecule has 0 spiro atoms. The van der Waals surface area contributed by atoms with Crippen LogP contribution in [-0.2, 0) is 0 Å². The molecule has 2 saturated carbocycles. The standard InChI is InChI=1S/C12H23NO/c1-13(8-10-4-2-3-5-10)9-12(14)11-6-7-11/h10-12,14H,2-9H2,1H3. The summed E-state index contributed by atoms with van der Waals surface area (Å²) in [5.41, 5.74) is 0. The van der Waals surface area contributed by atoms with E-state index >= 15 is 0 Å². The molecule has 0 aromatic carbocycles. The molecule has 2 fully saturated rings. The zero-order valence-electron chi connectivity index (χ0n) is 9.28. The lowest BCUT2D eigenvalue weighted by molar-refractivity contribution is 0.100. The molecule has 1 unspecified atom stereocenters. The van der Waals surface area contributed by atoms with Gasteiger partial charge in [0, 0.05) is 13.1 Å². The van der Waals surface area contributed by atoms with E-state index in [0.29, 0.717) is 5.92 Å². The Morgan fingerprint density at radius 2 is 1.86 bits per heavy atom. The molecule has 2 aliphatic rings. The van der Waals surface area contributed by atoms with Crippen molar-refractivity contribution in [3.05, 3.63) is 0 Å². The van der Waals surface area contributed by atoms with E-state index < -0.39 is 0 Å². The maximum atomic E-state index is 9.79. The second-order valence-electron chi connectivity index (χ2n) is 5.28. The highest BCUT2D eigenvalue weighted by atomic mass is 16.3. The van der Waals surface area contributed by atoms with Crippen LogP contribution in [0.3, 0.4) is 0 Å². The smallest absolute Gasteiger partial charge is 0.0695 e. The van der Waals surface area contributed by atoms with Crippen LogP contribution in [0, 0.1) is 11.8 Å². The summed E-state index contributed by atoms with van der Waals surface area (Å²) in [4.78, 5) is 2.33. The van der Waals surface area contributed by atoms with Gasteiger partial charge in [0.25, 0.3) is 0 Å². The van der Waals surface area contributed by atoms with Crippen molar-refractivity contribution >= 4 is 0 Å². The van der Waals surface area contributed by atoms with Crippen LogP contribution in [0.1, 0.15) is 38.5 Å². The highest BCUT2D eigenvalue weighted by Crippen LogP contribution is 2.33. The van der Waals surface area contributed by atoms with Crippen LogP contribution in [-0.4, -0.2) is 36.2 Å². The molecule has 82 valence electrons. The van der Waals surface area contributed by atoms with Gasteiger partial charge >= 0.3 is 0 Å². The molecular weight excluding hydrogens is 174 g/mol. The lowest BCUT2D eigenvalue weighted by Gasteiger charge is -2.23. The SMILES string of the molecule is CN(CC1CCCC1)CC(O)C1CC1. The number of hydrogen-bond donors (Lipinski definition) is 1. The summed E-state index contributed by atoms with van der Waals surface area (Å²) in [5, 5.41) is 9.79. The van der Waals surface area contributed by atoms with E-state index in [9.17, 15) is 5.11 Å². The van der Waals surface area contributed by atoms with Gasteiger partial charge in [-0.3, -0.25) is 0 Å². The predicted molar refractivity (Wildman–Crippen MR) is 58.2 cm³/mol. The lowest BCUT2D eigenvalue weighted by Crippen LogP contribution is -2.33. The normalized spacial score (nSPS) is 25.9. The van der Waals surface area contributed by atoms with Gasteiger partial charge in [0.1, 0.15) is 0 Å². The molecule has 2 nitrogen and oxygen atoms in total. The largest absolute Gasteiger partial charge is 0.392 e. The zero-order valence-corrected chi connectivity index (χ0v) is 9.28. The Morgan fingerprint density at radius 3 is 2.43 bits per heavy atom. The van der Waals surface area contributed by atoms with Gasteiger partial charge in [0.05, 0.1) is 6.10 Å². The molecule has 0 saturated heterocycles. The summed E-state index contributed by atoms with van der Waals surface area (Å²) in [5.74, 6) is 1.53. The maximum absolute atomic E-state index is 9.79. The van der Waals surface area contributed by atoms with E-state index in [1.165, 1.54) is 45.1 Å². The van der Waals surface area contributed by atoms with Crippen molar-refractivity contribution in [2.24, 2.45) is 11.8 Å². The first-order valence-corrected chi connectivity index (χ1v) is 6.12. The molecule has 0 amide bonds. The monoisotopic (exact) mass is 197 g/mol. The van der Waals surface area contributed by atoms with Crippen molar-refractivity contribution in [2.75, 3.05) is 20.1 Å². The predicted octanol–water partition coefficient (Wildman–Crippen LogP) is 1.88. The van der Waals surface area contributed by atoms with Crippen LogP contribution >= 0.6 is 0 Å². The van der Waals surface area contributed by atoms with Crippen molar-refractivity contribution in [3.8, 4) is 0 Å². The zero-order chi connectivity index (χ0) is 9.97. The fourth-order valence-electron chi connectivity index (χ4n) is 2.66. The Kier molecular flexibility index (Phi) is 3.45. The minimum Gasteiger partial charge on any atom is -0.392 e. The van der Waals surface area contributed by atoms with Crippen LogP contribution in [0.5, 0.6) is 0 Å². The van der Waals surface area contributed by atoms with Gasteiger partial charge in [-0.1, -0.05) is 12.8 Å². The van der Waals surface area contributed by atoms with E-state index in [1.54, 1.807) is 0 Å². The average molecular weight is 197 g/mol. The van der Waals surface area contributed by atoms with Crippen LogP contribution in [0.2, 0.25) is 0 Å². The Labute approximate surface area is 87.3 Å². The van der Waals surface area contributed by atoms with Gasteiger partial charge in [0.2, 0.25) is 0 Å². The molecular formula is C12H23NO. The molecule has 2 aliphatic carbocycles. The van der Waals surface area contributed by atoms with Gasteiger partial charge in [-0.25, -0.2) is 0 Å². The van der Waals surface area contributed by atoms with Crippen molar-refractivity contribution in [1.82, 2.24) is 4.90 Å².